The highest BCUT2D eigenvalue weighted by Crippen LogP contribution is 2.51. The molecule has 0 atom stereocenters. The van der Waals surface area contributed by atoms with Crippen LogP contribution in [-0.2, 0) is 11.2 Å². The molecule has 0 spiro atoms. The number of urea groups is 1. The first-order valence-electron chi connectivity index (χ1n) is 7.27. The van der Waals surface area contributed by atoms with Gasteiger partial charge in [0.05, 0.1) is 6.42 Å². The quantitative estimate of drug-likeness (QED) is 0.753. The first-order chi connectivity index (χ1) is 9.93. The Balaban J connectivity index is 1.92. The van der Waals surface area contributed by atoms with Gasteiger partial charge in [0.25, 0.3) is 0 Å². The summed E-state index contributed by atoms with van der Waals surface area (Å²) in [7, 11) is 0. The summed E-state index contributed by atoms with van der Waals surface area (Å²) >= 11 is 0. The number of hydrogen-bond acceptors (Lipinski definition) is 2. The number of para-hydroxylation sites is 1. The van der Waals surface area contributed by atoms with Crippen LogP contribution in [0.15, 0.2) is 24.3 Å². The van der Waals surface area contributed by atoms with Crippen molar-refractivity contribution in [2.45, 2.75) is 33.1 Å². The topological polar surface area (TPSA) is 78.4 Å². The van der Waals surface area contributed by atoms with Crippen LogP contribution in [0.4, 0.5) is 10.5 Å². The molecule has 114 valence electrons. The predicted molar refractivity (Wildman–Crippen MR) is 81.3 cm³/mol. The summed E-state index contributed by atoms with van der Waals surface area (Å²) in [5, 5.41) is 14.5. The number of amides is 2. The normalized spacial score (nSPS) is 15.6. The summed E-state index contributed by atoms with van der Waals surface area (Å²) in [6.45, 7) is 5.01. The fourth-order valence-corrected chi connectivity index (χ4v) is 2.50. The number of carbonyl (C=O) groups excluding carboxylic acids is 1. The maximum atomic E-state index is 12.0. The van der Waals surface area contributed by atoms with Gasteiger partial charge in [0.1, 0.15) is 0 Å². The molecule has 0 aliphatic heterocycles. The zero-order valence-electron chi connectivity index (χ0n) is 12.5. The Bertz CT molecular complexity index is 536. The maximum absolute atomic E-state index is 12.0. The van der Waals surface area contributed by atoms with Gasteiger partial charge >= 0.3 is 12.0 Å². The number of anilines is 1. The molecule has 21 heavy (non-hydrogen) atoms. The second kappa shape index (κ2) is 6.16. The lowest BCUT2D eigenvalue weighted by molar-refractivity contribution is -0.136. The van der Waals surface area contributed by atoms with Crippen LogP contribution in [0, 0.1) is 11.3 Å². The Morgan fingerprint density at radius 2 is 1.95 bits per heavy atom. The van der Waals surface area contributed by atoms with Crippen LogP contribution in [0.2, 0.25) is 0 Å². The Morgan fingerprint density at radius 3 is 2.52 bits per heavy atom. The summed E-state index contributed by atoms with van der Waals surface area (Å²) in [6, 6.07) is 6.68. The number of carbonyl (C=O) groups is 2. The smallest absolute Gasteiger partial charge is 0.319 e. The van der Waals surface area contributed by atoms with Gasteiger partial charge in [-0.1, -0.05) is 32.0 Å². The summed E-state index contributed by atoms with van der Waals surface area (Å²) in [5.74, 6) is -0.363. The van der Waals surface area contributed by atoms with Gasteiger partial charge < -0.3 is 15.7 Å². The van der Waals surface area contributed by atoms with E-state index in [9.17, 15) is 9.59 Å². The third-order valence-electron chi connectivity index (χ3n) is 4.33. The molecule has 0 heterocycles. The number of carboxylic acid groups (broad SMARTS) is 1. The van der Waals surface area contributed by atoms with Crippen LogP contribution in [0.3, 0.4) is 0 Å². The van der Waals surface area contributed by atoms with Crippen LogP contribution >= 0.6 is 0 Å². The van der Waals surface area contributed by atoms with E-state index in [4.69, 9.17) is 5.11 Å². The Labute approximate surface area is 124 Å². The van der Waals surface area contributed by atoms with Gasteiger partial charge in [0.2, 0.25) is 0 Å². The van der Waals surface area contributed by atoms with Crippen molar-refractivity contribution >= 4 is 17.7 Å². The lowest BCUT2D eigenvalue weighted by Gasteiger charge is -2.20. The van der Waals surface area contributed by atoms with Crippen LogP contribution in [0.25, 0.3) is 0 Å². The molecule has 0 unspecified atom stereocenters. The zero-order chi connectivity index (χ0) is 15.5. The molecule has 5 nitrogen and oxygen atoms in total. The van der Waals surface area contributed by atoms with E-state index in [1.807, 2.05) is 0 Å². The van der Waals surface area contributed by atoms with Gasteiger partial charge in [0.15, 0.2) is 0 Å². The molecule has 5 heteroatoms. The molecule has 1 aromatic carbocycles. The van der Waals surface area contributed by atoms with E-state index in [1.54, 1.807) is 24.3 Å². The standard InChI is InChI=1S/C16H22N2O3/c1-11(2)16(7-8-16)10-17-15(21)18-13-6-4-3-5-12(13)9-14(19)20/h3-6,11H,7-10H2,1-2H3,(H,19,20)(H2,17,18,21). The molecular weight excluding hydrogens is 268 g/mol. The lowest BCUT2D eigenvalue weighted by atomic mass is 9.92. The monoisotopic (exact) mass is 290 g/mol. The van der Waals surface area contributed by atoms with Gasteiger partial charge in [-0.3, -0.25) is 4.79 Å². The lowest BCUT2D eigenvalue weighted by Crippen LogP contribution is -2.35. The summed E-state index contributed by atoms with van der Waals surface area (Å²) < 4.78 is 0. The number of hydrogen-bond donors (Lipinski definition) is 3. The van der Waals surface area contributed by atoms with Crippen molar-refractivity contribution in [2.75, 3.05) is 11.9 Å². The fourth-order valence-electron chi connectivity index (χ4n) is 2.50. The van der Waals surface area contributed by atoms with Crippen LogP contribution in [-0.4, -0.2) is 23.7 Å². The zero-order valence-corrected chi connectivity index (χ0v) is 12.5. The molecule has 0 radical (unpaired) electrons. The first kappa shape index (κ1) is 15.4. The molecule has 1 fully saturated rings. The largest absolute Gasteiger partial charge is 0.481 e. The average molecular weight is 290 g/mol. The van der Waals surface area contributed by atoms with Crippen LogP contribution in [0.1, 0.15) is 32.3 Å². The molecule has 1 aliphatic rings. The number of carboxylic acids is 1. The van der Waals surface area contributed by atoms with Crippen molar-refractivity contribution in [3.05, 3.63) is 29.8 Å². The van der Waals surface area contributed by atoms with Crippen molar-refractivity contribution in [3.8, 4) is 0 Å². The summed E-state index contributed by atoms with van der Waals surface area (Å²) in [5.41, 5.74) is 1.40. The van der Waals surface area contributed by atoms with Crippen molar-refractivity contribution in [1.29, 1.82) is 0 Å². The van der Waals surface area contributed by atoms with E-state index < -0.39 is 5.97 Å². The average Bonchev–Trinajstić information content (AvgIpc) is 3.19. The SMILES string of the molecule is CC(C)C1(CNC(=O)Nc2ccccc2CC(=O)O)CC1. The summed E-state index contributed by atoms with van der Waals surface area (Å²) in [4.78, 5) is 22.8. The highest BCUT2D eigenvalue weighted by Gasteiger charge is 2.45. The minimum Gasteiger partial charge on any atom is -0.481 e. The van der Waals surface area contributed by atoms with E-state index in [2.05, 4.69) is 24.5 Å². The number of nitrogens with one attached hydrogen (secondary N) is 2. The van der Waals surface area contributed by atoms with Gasteiger partial charge in [-0.05, 0) is 35.8 Å². The third-order valence-corrected chi connectivity index (χ3v) is 4.33. The predicted octanol–water partition coefficient (Wildman–Crippen LogP) is 2.87. The van der Waals surface area contributed by atoms with Gasteiger partial charge in [-0.15, -0.1) is 0 Å². The second-order valence-corrected chi connectivity index (χ2v) is 6.05. The molecule has 1 saturated carbocycles. The van der Waals surface area contributed by atoms with Crippen molar-refractivity contribution in [1.82, 2.24) is 5.32 Å². The molecule has 0 saturated heterocycles. The van der Waals surface area contributed by atoms with Crippen molar-refractivity contribution in [3.63, 3.8) is 0 Å². The van der Waals surface area contributed by atoms with Crippen molar-refractivity contribution in [2.24, 2.45) is 11.3 Å². The second-order valence-electron chi connectivity index (χ2n) is 6.05. The Hall–Kier alpha value is -2.04. The van der Waals surface area contributed by atoms with E-state index in [-0.39, 0.29) is 17.9 Å². The third kappa shape index (κ3) is 3.97. The molecular formula is C16H22N2O3. The molecule has 0 aromatic heterocycles. The van der Waals surface area contributed by atoms with E-state index >= 15 is 0 Å². The number of rotatable bonds is 6. The minimum absolute atomic E-state index is 0.105. The Morgan fingerprint density at radius 1 is 1.29 bits per heavy atom. The van der Waals surface area contributed by atoms with E-state index in [1.165, 1.54) is 0 Å². The molecule has 0 bridgehead atoms. The molecule has 1 aliphatic carbocycles. The molecule has 3 N–H and O–H groups in total. The highest BCUT2D eigenvalue weighted by molar-refractivity contribution is 5.91. The minimum atomic E-state index is -0.915. The van der Waals surface area contributed by atoms with Crippen molar-refractivity contribution < 1.29 is 14.7 Å². The van der Waals surface area contributed by atoms with Gasteiger partial charge in [0, 0.05) is 12.2 Å². The molecule has 1 aromatic rings. The van der Waals surface area contributed by atoms with E-state index in [0.29, 0.717) is 23.7 Å². The fraction of sp³-hybridized carbons (Fsp3) is 0.500. The first-order valence-corrected chi connectivity index (χ1v) is 7.27. The number of aliphatic carboxylic acids is 1. The number of benzene rings is 1. The van der Waals surface area contributed by atoms with Crippen LogP contribution in [0.5, 0.6) is 0 Å². The highest BCUT2D eigenvalue weighted by atomic mass is 16.4. The Kier molecular flexibility index (Phi) is 4.50. The van der Waals surface area contributed by atoms with Gasteiger partial charge in [-0.25, -0.2) is 4.79 Å². The summed E-state index contributed by atoms with van der Waals surface area (Å²) in [6.07, 6.45) is 2.20. The van der Waals surface area contributed by atoms with Crippen LogP contribution < -0.4 is 10.6 Å². The molecule has 2 rings (SSSR count). The molecule has 2 amide bonds. The maximum Gasteiger partial charge on any atom is 0.319 e. The van der Waals surface area contributed by atoms with Gasteiger partial charge in [-0.2, -0.15) is 0 Å². The van der Waals surface area contributed by atoms with E-state index in [0.717, 1.165) is 12.8 Å².